The molecule has 1 aromatic carbocycles. The minimum absolute atomic E-state index is 0.273. The first kappa shape index (κ1) is 18.2. The summed E-state index contributed by atoms with van der Waals surface area (Å²) >= 11 is 0. The summed E-state index contributed by atoms with van der Waals surface area (Å²) in [4.78, 5) is 26.0. The molecule has 0 bridgehead atoms. The highest BCUT2D eigenvalue weighted by Crippen LogP contribution is 2.19. The molecule has 3 atom stereocenters. The van der Waals surface area contributed by atoms with Crippen molar-refractivity contribution in [3.8, 4) is 0 Å². The lowest BCUT2D eigenvalue weighted by atomic mass is 10.1. The number of nitrogens with one attached hydrogen (secondary N) is 1. The first-order valence-electron chi connectivity index (χ1n) is 8.05. The maximum absolute atomic E-state index is 12.7. The van der Waals surface area contributed by atoms with Crippen LogP contribution in [0.5, 0.6) is 0 Å². The molecule has 0 saturated carbocycles. The van der Waals surface area contributed by atoms with Crippen molar-refractivity contribution in [1.82, 2.24) is 10.2 Å². The van der Waals surface area contributed by atoms with Crippen molar-refractivity contribution < 1.29 is 19.4 Å². The van der Waals surface area contributed by atoms with Crippen LogP contribution in [0.4, 0.5) is 0 Å². The highest BCUT2D eigenvalue weighted by atomic mass is 16.5. The highest BCUT2D eigenvalue weighted by molar-refractivity contribution is 5.89. The van der Waals surface area contributed by atoms with Gasteiger partial charge in [-0.1, -0.05) is 36.4 Å². The number of carbonyl (C=O) groups is 2. The average molecular weight is 332 g/mol. The zero-order chi connectivity index (χ0) is 17.5. The van der Waals surface area contributed by atoms with Crippen molar-refractivity contribution in [3.63, 3.8) is 0 Å². The third kappa shape index (κ3) is 4.43. The van der Waals surface area contributed by atoms with Gasteiger partial charge in [0.05, 0.1) is 7.11 Å². The summed E-state index contributed by atoms with van der Waals surface area (Å²) in [5, 5.41) is 13.1. The van der Waals surface area contributed by atoms with Crippen LogP contribution in [0.15, 0.2) is 43.0 Å². The molecule has 1 saturated heterocycles. The van der Waals surface area contributed by atoms with Crippen molar-refractivity contribution in [2.75, 3.05) is 13.7 Å². The maximum Gasteiger partial charge on any atom is 0.328 e. The van der Waals surface area contributed by atoms with Gasteiger partial charge in [0.15, 0.2) is 0 Å². The Balaban J connectivity index is 1.98. The van der Waals surface area contributed by atoms with E-state index >= 15 is 0 Å². The third-order valence-electron chi connectivity index (χ3n) is 4.15. The lowest BCUT2D eigenvalue weighted by Gasteiger charge is -2.27. The average Bonchev–Trinajstić information content (AvgIpc) is 3.09. The minimum atomic E-state index is -0.890. The van der Waals surface area contributed by atoms with Crippen molar-refractivity contribution in [2.24, 2.45) is 0 Å². The molecule has 1 unspecified atom stereocenters. The molecule has 130 valence electrons. The number of amides is 1. The SMILES string of the molecule is C=C[C@H](NC(O)Cc1ccccc1)C(=O)N1CCC[C@H]1C(=O)OC. The summed E-state index contributed by atoms with van der Waals surface area (Å²) in [6.45, 7) is 4.17. The molecule has 1 aliphatic heterocycles. The van der Waals surface area contributed by atoms with Gasteiger partial charge in [0.1, 0.15) is 18.3 Å². The van der Waals surface area contributed by atoms with E-state index in [2.05, 4.69) is 11.9 Å². The van der Waals surface area contributed by atoms with Gasteiger partial charge in [-0.05, 0) is 18.4 Å². The summed E-state index contributed by atoms with van der Waals surface area (Å²) in [6.07, 6.45) is 2.28. The van der Waals surface area contributed by atoms with Crippen LogP contribution in [0.3, 0.4) is 0 Å². The van der Waals surface area contributed by atoms with Crippen LogP contribution in [0.2, 0.25) is 0 Å². The number of aliphatic hydroxyl groups is 1. The fourth-order valence-electron chi connectivity index (χ4n) is 2.93. The van der Waals surface area contributed by atoms with Crippen LogP contribution >= 0.6 is 0 Å². The smallest absolute Gasteiger partial charge is 0.328 e. The summed E-state index contributed by atoms with van der Waals surface area (Å²) in [7, 11) is 1.32. The number of benzene rings is 1. The van der Waals surface area contributed by atoms with E-state index in [0.29, 0.717) is 19.4 Å². The number of carbonyl (C=O) groups excluding carboxylic acids is 2. The summed E-state index contributed by atoms with van der Waals surface area (Å²) in [5.41, 5.74) is 0.960. The molecule has 0 aromatic heterocycles. The fourth-order valence-corrected chi connectivity index (χ4v) is 2.93. The number of rotatable bonds is 7. The summed E-state index contributed by atoms with van der Waals surface area (Å²) in [6, 6.07) is 8.19. The second-order valence-corrected chi connectivity index (χ2v) is 5.80. The molecule has 24 heavy (non-hydrogen) atoms. The Morgan fingerprint density at radius 2 is 2.17 bits per heavy atom. The van der Waals surface area contributed by atoms with Crippen molar-refractivity contribution in [3.05, 3.63) is 48.6 Å². The monoisotopic (exact) mass is 332 g/mol. The molecule has 6 nitrogen and oxygen atoms in total. The van der Waals surface area contributed by atoms with Crippen molar-refractivity contribution in [2.45, 2.75) is 37.6 Å². The van der Waals surface area contributed by atoms with E-state index in [1.807, 2.05) is 30.3 Å². The van der Waals surface area contributed by atoms with Crippen LogP contribution in [-0.4, -0.2) is 53.8 Å². The Hall–Kier alpha value is -2.18. The van der Waals surface area contributed by atoms with Gasteiger partial charge in [-0.3, -0.25) is 10.1 Å². The normalized spacial score (nSPS) is 19.6. The standard InChI is InChI=1S/C18H24N2O4/c1-3-14(19-16(21)12-13-8-5-4-6-9-13)17(22)20-11-7-10-15(20)18(23)24-2/h3-6,8-9,14-16,19,21H,1,7,10-12H2,2H3/t14-,15-,16?/m0/s1. The maximum atomic E-state index is 12.7. The van der Waals surface area contributed by atoms with Crippen LogP contribution in [0.1, 0.15) is 18.4 Å². The molecule has 6 heteroatoms. The molecule has 1 aliphatic rings. The van der Waals surface area contributed by atoms with Crippen molar-refractivity contribution in [1.29, 1.82) is 0 Å². The molecule has 1 fully saturated rings. The molecule has 0 radical (unpaired) electrons. The van der Waals surface area contributed by atoms with E-state index in [4.69, 9.17) is 4.74 Å². The van der Waals surface area contributed by atoms with Gasteiger partial charge in [-0.25, -0.2) is 4.79 Å². The quantitative estimate of drug-likeness (QED) is 0.440. The summed E-state index contributed by atoms with van der Waals surface area (Å²) < 4.78 is 4.76. The van der Waals surface area contributed by atoms with E-state index in [9.17, 15) is 14.7 Å². The molecule has 2 rings (SSSR count). The Labute approximate surface area is 142 Å². The zero-order valence-corrected chi connectivity index (χ0v) is 13.9. The van der Waals surface area contributed by atoms with Crippen molar-refractivity contribution >= 4 is 11.9 Å². The van der Waals surface area contributed by atoms with Crippen LogP contribution < -0.4 is 5.32 Å². The first-order valence-corrected chi connectivity index (χ1v) is 8.05. The Kier molecular flexibility index (Phi) is 6.52. The molecule has 1 amide bonds. The van der Waals surface area contributed by atoms with Gasteiger partial charge < -0.3 is 14.7 Å². The number of ether oxygens (including phenoxy) is 1. The molecular formula is C18H24N2O4. The lowest BCUT2D eigenvalue weighted by molar-refractivity contribution is -0.151. The highest BCUT2D eigenvalue weighted by Gasteiger charge is 2.37. The van der Waals surface area contributed by atoms with Gasteiger partial charge in [0.2, 0.25) is 5.91 Å². The predicted octanol–water partition coefficient (Wildman–Crippen LogP) is 0.856. The van der Waals surface area contributed by atoms with E-state index in [0.717, 1.165) is 12.0 Å². The van der Waals surface area contributed by atoms with E-state index < -0.39 is 24.3 Å². The number of methoxy groups -OCH3 is 1. The predicted molar refractivity (Wildman–Crippen MR) is 90.0 cm³/mol. The molecule has 0 aliphatic carbocycles. The topological polar surface area (TPSA) is 78.9 Å². The number of hydrogen-bond acceptors (Lipinski definition) is 5. The number of hydrogen-bond donors (Lipinski definition) is 2. The number of aliphatic hydroxyl groups excluding tert-OH is 1. The lowest BCUT2D eigenvalue weighted by Crippen LogP contribution is -2.52. The first-order chi connectivity index (χ1) is 11.6. The Morgan fingerprint density at radius 3 is 2.79 bits per heavy atom. The van der Waals surface area contributed by atoms with Gasteiger partial charge in [-0.2, -0.15) is 0 Å². The van der Waals surface area contributed by atoms with E-state index in [-0.39, 0.29) is 5.91 Å². The van der Waals surface area contributed by atoms with Gasteiger partial charge >= 0.3 is 5.97 Å². The molecule has 1 heterocycles. The number of nitrogens with zero attached hydrogens (tertiary/aromatic N) is 1. The third-order valence-corrected chi connectivity index (χ3v) is 4.15. The van der Waals surface area contributed by atoms with E-state index in [1.54, 1.807) is 0 Å². The molecule has 2 N–H and O–H groups in total. The summed E-state index contributed by atoms with van der Waals surface area (Å²) in [5.74, 6) is -0.682. The van der Waals surface area contributed by atoms with Gasteiger partial charge in [0.25, 0.3) is 0 Å². The number of esters is 1. The second-order valence-electron chi connectivity index (χ2n) is 5.80. The van der Waals surface area contributed by atoms with Crippen LogP contribution in [0, 0.1) is 0 Å². The van der Waals surface area contributed by atoms with Crippen LogP contribution in [-0.2, 0) is 20.7 Å². The Bertz CT molecular complexity index is 576. The number of likely N-dealkylation sites (tertiary alicyclic amines) is 1. The molecule has 1 aromatic rings. The zero-order valence-electron chi connectivity index (χ0n) is 13.9. The molecule has 0 spiro atoms. The fraction of sp³-hybridized carbons (Fsp3) is 0.444. The van der Waals surface area contributed by atoms with Gasteiger partial charge in [-0.15, -0.1) is 6.58 Å². The largest absolute Gasteiger partial charge is 0.467 e. The minimum Gasteiger partial charge on any atom is -0.467 e. The van der Waals surface area contributed by atoms with Gasteiger partial charge in [0, 0.05) is 13.0 Å². The molecular weight excluding hydrogens is 308 g/mol. The second kappa shape index (κ2) is 8.61. The Morgan fingerprint density at radius 1 is 1.46 bits per heavy atom. The van der Waals surface area contributed by atoms with E-state index in [1.165, 1.54) is 18.1 Å². The van der Waals surface area contributed by atoms with Crippen LogP contribution in [0.25, 0.3) is 0 Å².